The molecule has 34 heavy (non-hydrogen) atoms. The van der Waals surface area contributed by atoms with Gasteiger partial charge in [0.15, 0.2) is 0 Å². The molecule has 1 aliphatic heterocycles. The van der Waals surface area contributed by atoms with E-state index >= 15 is 0 Å². The fourth-order valence-corrected chi connectivity index (χ4v) is 4.51. The highest BCUT2D eigenvalue weighted by molar-refractivity contribution is 5.94. The number of nitrogens with one attached hydrogen (secondary N) is 2. The van der Waals surface area contributed by atoms with Gasteiger partial charge in [-0.15, -0.1) is 0 Å². The van der Waals surface area contributed by atoms with Crippen LogP contribution in [0.15, 0.2) is 79.1 Å². The average molecular weight is 454 g/mol. The van der Waals surface area contributed by atoms with Crippen molar-refractivity contribution < 1.29 is 9.59 Å². The summed E-state index contributed by atoms with van der Waals surface area (Å²) in [6.45, 7) is 1.13. The van der Waals surface area contributed by atoms with Crippen LogP contribution in [0.1, 0.15) is 40.6 Å². The third-order valence-electron chi connectivity index (χ3n) is 6.42. The second kappa shape index (κ2) is 9.87. The third-order valence-corrected chi connectivity index (χ3v) is 6.42. The first kappa shape index (κ1) is 21.8. The van der Waals surface area contributed by atoms with Crippen molar-refractivity contribution in [1.82, 2.24) is 25.2 Å². The molecule has 0 unspecified atom stereocenters. The van der Waals surface area contributed by atoms with Crippen molar-refractivity contribution >= 4 is 22.8 Å². The number of nitrogens with zero attached hydrogens (tertiary/aromatic N) is 3. The molecular formula is C27H27N5O2. The normalized spacial score (nSPS) is 15.2. The van der Waals surface area contributed by atoms with Gasteiger partial charge in [0, 0.05) is 37.0 Å². The standard InChI is InChI=1S/C27H27N5O2/c33-26(20-12-16-32(17-13-20)27(34)21-10-14-28-15-11-21)31-24(18-19-6-2-1-3-7-19)25-29-22-8-4-5-9-23(22)30-25/h1-11,14-15,20,24H,12-13,16-18H2,(H,29,30)(H,31,33)/t24-/m0/s1. The lowest BCUT2D eigenvalue weighted by Gasteiger charge is -2.32. The number of aromatic amines is 1. The Balaban J connectivity index is 1.27. The van der Waals surface area contributed by atoms with E-state index in [4.69, 9.17) is 4.98 Å². The highest BCUT2D eigenvalue weighted by Crippen LogP contribution is 2.23. The highest BCUT2D eigenvalue weighted by Gasteiger charge is 2.30. The predicted octanol–water partition coefficient (Wildman–Crippen LogP) is 3.91. The molecule has 4 aromatic rings. The summed E-state index contributed by atoms with van der Waals surface area (Å²) < 4.78 is 0. The number of imidazole rings is 1. The summed E-state index contributed by atoms with van der Waals surface area (Å²) in [5.41, 5.74) is 3.59. The number of likely N-dealkylation sites (tertiary alicyclic amines) is 1. The number of hydrogen-bond acceptors (Lipinski definition) is 4. The van der Waals surface area contributed by atoms with Gasteiger partial charge in [0.2, 0.25) is 5.91 Å². The Hall–Kier alpha value is -4.00. The molecule has 2 N–H and O–H groups in total. The largest absolute Gasteiger partial charge is 0.346 e. The number of carbonyl (C=O) groups is 2. The lowest BCUT2D eigenvalue weighted by molar-refractivity contribution is -0.127. The maximum atomic E-state index is 13.3. The highest BCUT2D eigenvalue weighted by atomic mass is 16.2. The van der Waals surface area contributed by atoms with E-state index in [1.165, 1.54) is 0 Å². The first-order valence-corrected chi connectivity index (χ1v) is 11.7. The van der Waals surface area contributed by atoms with Crippen LogP contribution in [-0.4, -0.2) is 44.8 Å². The van der Waals surface area contributed by atoms with Crippen LogP contribution in [0.5, 0.6) is 0 Å². The van der Waals surface area contributed by atoms with Crippen molar-refractivity contribution in [2.24, 2.45) is 5.92 Å². The van der Waals surface area contributed by atoms with Crippen molar-refractivity contribution in [3.05, 3.63) is 96.1 Å². The maximum absolute atomic E-state index is 13.3. The van der Waals surface area contributed by atoms with Crippen LogP contribution in [0.3, 0.4) is 0 Å². The molecule has 3 heterocycles. The van der Waals surface area contributed by atoms with Crippen molar-refractivity contribution in [1.29, 1.82) is 0 Å². The molecule has 0 bridgehead atoms. The first-order chi connectivity index (χ1) is 16.7. The molecule has 1 atom stereocenters. The van der Waals surface area contributed by atoms with Crippen molar-refractivity contribution in [3.8, 4) is 0 Å². The van der Waals surface area contributed by atoms with E-state index in [0.717, 1.165) is 22.4 Å². The van der Waals surface area contributed by atoms with Gasteiger partial charge in [-0.1, -0.05) is 42.5 Å². The minimum atomic E-state index is -0.265. The van der Waals surface area contributed by atoms with Crippen LogP contribution in [0, 0.1) is 5.92 Å². The second-order valence-corrected chi connectivity index (χ2v) is 8.69. The summed E-state index contributed by atoms with van der Waals surface area (Å²) in [5, 5.41) is 3.24. The number of hydrogen-bond donors (Lipinski definition) is 2. The number of piperidine rings is 1. The lowest BCUT2D eigenvalue weighted by atomic mass is 9.94. The summed E-state index contributed by atoms with van der Waals surface area (Å²) in [4.78, 5) is 39.9. The van der Waals surface area contributed by atoms with Gasteiger partial charge in [0.05, 0.1) is 17.1 Å². The molecule has 2 aromatic heterocycles. The van der Waals surface area contributed by atoms with Crippen molar-refractivity contribution in [2.75, 3.05) is 13.1 Å². The topological polar surface area (TPSA) is 91.0 Å². The van der Waals surface area contributed by atoms with Crippen LogP contribution in [0.4, 0.5) is 0 Å². The molecule has 7 heteroatoms. The Morgan fingerprint density at radius 1 is 0.971 bits per heavy atom. The molecule has 0 saturated carbocycles. The third kappa shape index (κ3) is 4.83. The number of benzene rings is 2. The Morgan fingerprint density at radius 3 is 2.41 bits per heavy atom. The van der Waals surface area contributed by atoms with Crippen LogP contribution in [0.25, 0.3) is 11.0 Å². The number of para-hydroxylation sites is 2. The summed E-state index contributed by atoms with van der Waals surface area (Å²) in [7, 11) is 0. The molecule has 0 spiro atoms. The molecule has 2 aromatic carbocycles. The van der Waals surface area contributed by atoms with E-state index in [1.807, 2.05) is 47.4 Å². The smallest absolute Gasteiger partial charge is 0.253 e. The molecule has 7 nitrogen and oxygen atoms in total. The van der Waals surface area contributed by atoms with E-state index in [9.17, 15) is 9.59 Å². The number of fused-ring (bicyclic) bond motifs is 1. The van der Waals surface area contributed by atoms with Gasteiger partial charge in [-0.05, 0) is 49.1 Å². The van der Waals surface area contributed by atoms with Gasteiger partial charge in [-0.3, -0.25) is 14.6 Å². The van der Waals surface area contributed by atoms with Gasteiger partial charge >= 0.3 is 0 Å². The molecule has 5 rings (SSSR count). The van der Waals surface area contributed by atoms with E-state index in [0.29, 0.717) is 37.9 Å². The van der Waals surface area contributed by atoms with Gasteiger partial charge in [0.25, 0.3) is 5.91 Å². The van der Waals surface area contributed by atoms with E-state index in [1.54, 1.807) is 24.5 Å². The van der Waals surface area contributed by atoms with E-state index in [-0.39, 0.29) is 23.8 Å². The molecule has 1 aliphatic rings. The molecule has 1 fully saturated rings. The Morgan fingerprint density at radius 2 is 1.68 bits per heavy atom. The fourth-order valence-electron chi connectivity index (χ4n) is 4.51. The van der Waals surface area contributed by atoms with E-state index in [2.05, 4.69) is 27.4 Å². The zero-order valence-electron chi connectivity index (χ0n) is 18.9. The van der Waals surface area contributed by atoms with Crippen LogP contribution in [-0.2, 0) is 11.2 Å². The SMILES string of the molecule is O=C(N[C@@H](Cc1ccccc1)c1nc2ccccc2[nH]1)C1CCN(C(=O)c2ccncc2)CC1. The summed E-state index contributed by atoms with van der Waals surface area (Å²) in [6.07, 6.45) is 5.17. The Kier molecular flexibility index (Phi) is 6.33. The quantitative estimate of drug-likeness (QED) is 0.463. The van der Waals surface area contributed by atoms with Crippen LogP contribution in [0.2, 0.25) is 0 Å². The summed E-state index contributed by atoms with van der Waals surface area (Å²) in [6, 6.07) is 21.2. The molecule has 1 saturated heterocycles. The minimum absolute atomic E-state index is 0.00881. The van der Waals surface area contributed by atoms with Crippen LogP contribution < -0.4 is 5.32 Å². The van der Waals surface area contributed by atoms with Crippen molar-refractivity contribution in [3.63, 3.8) is 0 Å². The fraction of sp³-hybridized carbons (Fsp3) is 0.259. The van der Waals surface area contributed by atoms with Gasteiger partial charge in [0.1, 0.15) is 5.82 Å². The number of aromatic nitrogens is 3. The number of rotatable bonds is 6. The Bertz CT molecular complexity index is 1230. The molecular weight excluding hydrogens is 426 g/mol. The van der Waals surface area contributed by atoms with Gasteiger partial charge in [-0.25, -0.2) is 4.98 Å². The minimum Gasteiger partial charge on any atom is -0.346 e. The second-order valence-electron chi connectivity index (χ2n) is 8.69. The number of H-pyrrole nitrogens is 1. The molecule has 172 valence electrons. The van der Waals surface area contributed by atoms with Crippen LogP contribution >= 0.6 is 0 Å². The van der Waals surface area contributed by atoms with Gasteiger partial charge < -0.3 is 15.2 Å². The molecule has 0 radical (unpaired) electrons. The number of pyridine rings is 1. The number of carbonyl (C=O) groups excluding carboxylic acids is 2. The summed E-state index contributed by atoms with van der Waals surface area (Å²) >= 11 is 0. The molecule has 0 aliphatic carbocycles. The number of amides is 2. The zero-order valence-corrected chi connectivity index (χ0v) is 18.9. The maximum Gasteiger partial charge on any atom is 0.253 e. The summed E-state index contributed by atoms with van der Waals surface area (Å²) in [5.74, 6) is 0.621. The first-order valence-electron chi connectivity index (χ1n) is 11.7. The van der Waals surface area contributed by atoms with E-state index < -0.39 is 0 Å². The zero-order chi connectivity index (χ0) is 23.3. The Labute approximate surface area is 198 Å². The van der Waals surface area contributed by atoms with Crippen molar-refractivity contribution in [2.45, 2.75) is 25.3 Å². The molecule has 2 amide bonds. The van der Waals surface area contributed by atoms with Gasteiger partial charge in [-0.2, -0.15) is 0 Å². The predicted molar refractivity (Wildman–Crippen MR) is 130 cm³/mol. The monoisotopic (exact) mass is 453 g/mol. The average Bonchev–Trinajstić information content (AvgIpc) is 3.33. The lowest BCUT2D eigenvalue weighted by Crippen LogP contribution is -2.44.